The fourth-order valence-corrected chi connectivity index (χ4v) is 3.28. The Bertz CT molecular complexity index is 1310. The molecule has 0 bridgehead atoms. The lowest BCUT2D eigenvalue weighted by Crippen LogP contribution is -2.18. The molecule has 0 aliphatic rings. The number of carbonyl (C=O) groups is 2. The van der Waals surface area contributed by atoms with Gasteiger partial charge in [0, 0.05) is 10.9 Å². The van der Waals surface area contributed by atoms with Crippen molar-refractivity contribution >= 4 is 29.0 Å². The number of nitrogens with one attached hydrogen (secondary N) is 1. The number of nitrogens with zero attached hydrogens (tertiary/aromatic N) is 2. The number of methoxy groups -OCH3 is 1. The summed E-state index contributed by atoms with van der Waals surface area (Å²) < 4.78 is 4.69. The number of aryl methyl sites for hydroxylation is 1. The van der Waals surface area contributed by atoms with Crippen LogP contribution in [0.2, 0.25) is 0 Å². The van der Waals surface area contributed by atoms with Crippen LogP contribution in [0.5, 0.6) is 0 Å². The van der Waals surface area contributed by atoms with Crippen LogP contribution in [0.15, 0.2) is 84.0 Å². The van der Waals surface area contributed by atoms with Crippen LogP contribution in [0, 0.1) is 6.92 Å². The highest BCUT2D eigenvalue weighted by Crippen LogP contribution is 2.25. The summed E-state index contributed by atoms with van der Waals surface area (Å²) in [5, 5.41) is 4.82. The summed E-state index contributed by atoms with van der Waals surface area (Å²) in [6, 6.07) is 24.0. The normalized spacial score (nSPS) is 10.9. The van der Waals surface area contributed by atoms with Crippen LogP contribution < -0.4 is 5.43 Å². The first kappa shape index (κ1) is 20.9. The smallest absolute Gasteiger partial charge is 0.337 e. The topological polar surface area (TPSA) is 80.6 Å². The summed E-state index contributed by atoms with van der Waals surface area (Å²) in [7, 11) is 1.33. The highest BCUT2D eigenvalue weighted by atomic mass is 16.5. The van der Waals surface area contributed by atoms with Gasteiger partial charge in [0.15, 0.2) is 0 Å². The van der Waals surface area contributed by atoms with E-state index in [9.17, 15) is 9.59 Å². The maximum atomic E-state index is 13.0. The number of esters is 1. The monoisotopic (exact) mass is 423 g/mol. The predicted molar refractivity (Wildman–Crippen MR) is 125 cm³/mol. The molecule has 1 amide bonds. The van der Waals surface area contributed by atoms with Gasteiger partial charge in [-0.2, -0.15) is 5.10 Å². The third-order valence-electron chi connectivity index (χ3n) is 5.02. The number of fused-ring (bicyclic) bond motifs is 1. The van der Waals surface area contributed by atoms with Crippen LogP contribution in [0.3, 0.4) is 0 Å². The Morgan fingerprint density at radius 3 is 2.41 bits per heavy atom. The second-order valence-electron chi connectivity index (χ2n) is 7.25. The number of aromatic nitrogens is 1. The minimum atomic E-state index is -0.407. The van der Waals surface area contributed by atoms with Gasteiger partial charge in [-0.3, -0.25) is 4.79 Å². The molecule has 0 saturated carbocycles. The van der Waals surface area contributed by atoms with E-state index in [1.807, 2.05) is 55.5 Å². The van der Waals surface area contributed by atoms with Crippen LogP contribution in [0.1, 0.15) is 31.8 Å². The summed E-state index contributed by atoms with van der Waals surface area (Å²) in [6.45, 7) is 2.03. The van der Waals surface area contributed by atoms with Crippen LogP contribution in [0.25, 0.3) is 22.2 Å². The summed E-state index contributed by atoms with van der Waals surface area (Å²) in [5.74, 6) is -0.741. The molecule has 0 aliphatic heterocycles. The van der Waals surface area contributed by atoms with Gasteiger partial charge in [0.05, 0.1) is 35.7 Å². The third kappa shape index (κ3) is 4.54. The van der Waals surface area contributed by atoms with Gasteiger partial charge in [0.1, 0.15) is 0 Å². The Balaban J connectivity index is 1.59. The van der Waals surface area contributed by atoms with Crippen molar-refractivity contribution in [1.29, 1.82) is 0 Å². The van der Waals surface area contributed by atoms with Crippen molar-refractivity contribution in [2.75, 3.05) is 7.11 Å². The molecule has 1 N–H and O–H groups in total. The van der Waals surface area contributed by atoms with Crippen molar-refractivity contribution in [1.82, 2.24) is 10.4 Å². The third-order valence-corrected chi connectivity index (χ3v) is 5.02. The van der Waals surface area contributed by atoms with Gasteiger partial charge in [-0.25, -0.2) is 15.2 Å². The van der Waals surface area contributed by atoms with Gasteiger partial charge in [-0.15, -0.1) is 0 Å². The number of hydrogen-bond donors (Lipinski definition) is 1. The Hall–Kier alpha value is -4.32. The van der Waals surface area contributed by atoms with E-state index in [-0.39, 0.29) is 5.91 Å². The molecule has 0 aliphatic carbocycles. The van der Waals surface area contributed by atoms with Crippen molar-refractivity contribution < 1.29 is 14.3 Å². The lowest BCUT2D eigenvalue weighted by Gasteiger charge is -2.09. The number of para-hydroxylation sites is 1. The van der Waals surface area contributed by atoms with Crippen molar-refractivity contribution in [3.8, 4) is 11.3 Å². The molecule has 158 valence electrons. The minimum Gasteiger partial charge on any atom is -0.465 e. The number of hydrogen-bond acceptors (Lipinski definition) is 5. The average molecular weight is 423 g/mol. The van der Waals surface area contributed by atoms with Crippen molar-refractivity contribution in [3.63, 3.8) is 0 Å². The van der Waals surface area contributed by atoms with Crippen molar-refractivity contribution in [2.45, 2.75) is 6.92 Å². The molecule has 1 heterocycles. The average Bonchev–Trinajstić information content (AvgIpc) is 2.83. The zero-order valence-corrected chi connectivity index (χ0v) is 17.7. The largest absolute Gasteiger partial charge is 0.465 e. The lowest BCUT2D eigenvalue weighted by atomic mass is 10.0. The molecule has 0 spiro atoms. The van der Waals surface area contributed by atoms with Gasteiger partial charge in [-0.1, -0.05) is 60.2 Å². The van der Waals surface area contributed by atoms with E-state index in [4.69, 9.17) is 4.98 Å². The molecular formula is C26H21N3O3. The SMILES string of the molecule is COC(=O)c1ccc(/C=N\NC(=O)c2cc(-c3ccc(C)cc3)nc3ccccc23)cc1. The molecule has 6 nitrogen and oxygen atoms in total. The van der Waals surface area contributed by atoms with Gasteiger partial charge >= 0.3 is 5.97 Å². The highest BCUT2D eigenvalue weighted by molar-refractivity contribution is 6.07. The quantitative estimate of drug-likeness (QED) is 0.285. The molecule has 4 rings (SSSR count). The number of ether oxygens (including phenoxy) is 1. The molecule has 3 aromatic carbocycles. The molecule has 6 heteroatoms. The second kappa shape index (κ2) is 9.22. The van der Waals surface area contributed by atoms with Crippen molar-refractivity contribution in [2.24, 2.45) is 5.10 Å². The van der Waals surface area contributed by atoms with Crippen molar-refractivity contribution in [3.05, 3.63) is 101 Å². The summed E-state index contributed by atoms with van der Waals surface area (Å²) in [5.41, 5.74) is 7.80. The Morgan fingerprint density at radius 1 is 0.969 bits per heavy atom. The van der Waals surface area contributed by atoms with E-state index in [2.05, 4.69) is 15.3 Å². The van der Waals surface area contributed by atoms with E-state index < -0.39 is 5.97 Å². The van der Waals surface area contributed by atoms with E-state index >= 15 is 0 Å². The molecule has 1 aromatic heterocycles. The second-order valence-corrected chi connectivity index (χ2v) is 7.25. The van der Waals surface area contributed by atoms with Crippen LogP contribution in [-0.4, -0.2) is 30.2 Å². The fourth-order valence-electron chi connectivity index (χ4n) is 3.28. The Morgan fingerprint density at radius 2 is 1.69 bits per heavy atom. The number of rotatable bonds is 5. The molecule has 32 heavy (non-hydrogen) atoms. The first-order valence-corrected chi connectivity index (χ1v) is 10.0. The molecule has 0 radical (unpaired) electrons. The summed E-state index contributed by atoms with van der Waals surface area (Å²) in [4.78, 5) is 29.2. The molecular weight excluding hydrogens is 402 g/mol. The van der Waals surface area contributed by atoms with E-state index in [1.165, 1.54) is 13.3 Å². The number of pyridine rings is 1. The number of benzene rings is 3. The van der Waals surface area contributed by atoms with Gasteiger partial charge in [0.25, 0.3) is 5.91 Å². The molecule has 0 unspecified atom stereocenters. The molecule has 0 saturated heterocycles. The first-order valence-electron chi connectivity index (χ1n) is 10.0. The van der Waals surface area contributed by atoms with Crippen LogP contribution in [-0.2, 0) is 4.74 Å². The number of hydrazone groups is 1. The van der Waals surface area contributed by atoms with Crippen LogP contribution >= 0.6 is 0 Å². The zero-order chi connectivity index (χ0) is 22.5. The number of amides is 1. The maximum absolute atomic E-state index is 13.0. The van der Waals surface area contributed by atoms with Gasteiger partial charge < -0.3 is 4.74 Å². The van der Waals surface area contributed by atoms with E-state index in [0.717, 1.165) is 33.3 Å². The molecule has 0 fully saturated rings. The molecule has 4 aromatic rings. The first-order chi connectivity index (χ1) is 15.5. The zero-order valence-electron chi connectivity index (χ0n) is 17.7. The Labute approximate surface area is 185 Å². The fraction of sp³-hybridized carbons (Fsp3) is 0.0769. The predicted octanol–water partition coefficient (Wildman–Crippen LogP) is 4.76. The number of carbonyl (C=O) groups excluding carboxylic acids is 2. The van der Waals surface area contributed by atoms with E-state index in [1.54, 1.807) is 30.3 Å². The standard InChI is InChI=1S/C26H21N3O3/c1-17-7-11-19(12-8-17)24-15-22(21-5-3-4-6-23(21)28-24)25(30)29-27-16-18-9-13-20(14-10-18)26(31)32-2/h3-16H,1-2H3,(H,29,30)/b27-16-. The van der Waals surface area contributed by atoms with Gasteiger partial charge in [-0.05, 0) is 36.8 Å². The van der Waals surface area contributed by atoms with E-state index in [0.29, 0.717) is 11.1 Å². The van der Waals surface area contributed by atoms with Gasteiger partial charge in [0.2, 0.25) is 0 Å². The summed E-state index contributed by atoms with van der Waals surface area (Å²) in [6.07, 6.45) is 1.52. The summed E-state index contributed by atoms with van der Waals surface area (Å²) >= 11 is 0. The Kier molecular flexibility index (Phi) is 6.03. The molecule has 0 atom stereocenters. The highest BCUT2D eigenvalue weighted by Gasteiger charge is 2.13. The maximum Gasteiger partial charge on any atom is 0.337 e. The lowest BCUT2D eigenvalue weighted by molar-refractivity contribution is 0.0600. The van der Waals surface area contributed by atoms with Crippen LogP contribution in [0.4, 0.5) is 0 Å². The minimum absolute atomic E-state index is 0.334.